The number of hydrogen-bond acceptors (Lipinski definition) is 1. The van der Waals surface area contributed by atoms with Gasteiger partial charge >= 0.3 is 6.18 Å². The van der Waals surface area contributed by atoms with Crippen LogP contribution in [0.15, 0.2) is 24.3 Å². The van der Waals surface area contributed by atoms with E-state index < -0.39 is 36.5 Å². The van der Waals surface area contributed by atoms with E-state index in [1.54, 1.807) is 0 Å². The van der Waals surface area contributed by atoms with E-state index in [1.807, 2.05) is 0 Å². The summed E-state index contributed by atoms with van der Waals surface area (Å²) in [7, 11) is 0. The highest BCUT2D eigenvalue weighted by Gasteiger charge is 2.30. The lowest BCUT2D eigenvalue weighted by molar-refractivity contribution is -0.137. The molecular weight excluding hydrogens is 227 g/mol. The minimum atomic E-state index is -4.70. The molecule has 0 aliphatic heterocycles. The van der Waals surface area contributed by atoms with Crippen molar-refractivity contribution in [1.29, 1.82) is 0 Å². The number of benzene rings is 1. The summed E-state index contributed by atoms with van der Waals surface area (Å²) in [4.78, 5) is 0. The third-order valence-corrected chi connectivity index (χ3v) is 1.47. The summed E-state index contributed by atoms with van der Waals surface area (Å²) >= 11 is 0. The maximum Gasteiger partial charge on any atom is 0.416 e. The molecule has 1 unspecified atom stereocenters. The molecule has 0 spiro atoms. The molecule has 0 heterocycles. The van der Waals surface area contributed by atoms with Gasteiger partial charge in [-0.1, -0.05) is 18.2 Å². The number of hydrogen-bond donors (Lipinski definition) is 1. The van der Waals surface area contributed by atoms with Gasteiger partial charge in [0.2, 0.25) is 0 Å². The number of halogens is 4. The predicted octanol–water partition coefficient (Wildman–Crippen LogP) is 3.02. The summed E-state index contributed by atoms with van der Waals surface area (Å²) in [6.45, 7) is -3.20. The van der Waals surface area contributed by atoms with Crippen LogP contribution in [0.25, 0.3) is 0 Å². The van der Waals surface area contributed by atoms with Gasteiger partial charge in [-0.2, -0.15) is 13.2 Å². The fraction of sp³-hybridized carbons (Fsp3) is 0.400. The summed E-state index contributed by atoms with van der Waals surface area (Å²) < 4.78 is 81.8. The van der Waals surface area contributed by atoms with Crippen LogP contribution in [0.2, 0.25) is 0 Å². The van der Waals surface area contributed by atoms with Crippen molar-refractivity contribution < 1.29 is 21.4 Å². The van der Waals surface area contributed by atoms with Crippen molar-refractivity contribution in [2.45, 2.75) is 25.4 Å². The molecule has 0 fully saturated rings. The molecule has 86 valence electrons. The van der Waals surface area contributed by atoms with Gasteiger partial charge in [0.15, 0.2) is 0 Å². The lowest BCUT2D eigenvalue weighted by atomic mass is 10.0. The van der Waals surface area contributed by atoms with Crippen LogP contribution in [0.5, 0.6) is 0 Å². The van der Waals surface area contributed by atoms with E-state index in [0.29, 0.717) is 6.07 Å². The monoisotopic (exact) mass is 245 g/mol. The second kappa shape index (κ2) is 5.37. The lowest BCUT2D eigenvalue weighted by Gasteiger charge is -2.09. The molecule has 5 heteroatoms. The Morgan fingerprint density at radius 3 is 2.80 bits per heavy atom. The summed E-state index contributed by atoms with van der Waals surface area (Å²) in [5.41, 5.74) is 3.46. The number of alkyl halides is 3. The van der Waals surface area contributed by atoms with Crippen molar-refractivity contribution in [3.05, 3.63) is 35.4 Å². The fourth-order valence-electron chi connectivity index (χ4n) is 0.929. The first kappa shape index (κ1) is 6.76. The molecule has 2 N–H and O–H groups in total. The van der Waals surface area contributed by atoms with Crippen LogP contribution in [0, 0.1) is 0 Å². The van der Waals surface area contributed by atoms with Crippen molar-refractivity contribution in [2.24, 2.45) is 5.73 Å². The number of nitrogens with two attached hydrogens (primary N) is 1. The zero-order valence-electron chi connectivity index (χ0n) is 13.4. The highest BCUT2D eigenvalue weighted by molar-refractivity contribution is 5.85. The van der Waals surface area contributed by atoms with Crippen LogP contribution in [-0.4, -0.2) is 6.02 Å². The largest absolute Gasteiger partial charge is 0.416 e. The Bertz CT molecular complexity index is 500. The van der Waals surface area contributed by atoms with Crippen LogP contribution in [0.3, 0.4) is 0 Å². The Labute approximate surface area is 101 Å². The second-order valence-corrected chi connectivity index (χ2v) is 2.62. The molecule has 15 heavy (non-hydrogen) atoms. The van der Waals surface area contributed by atoms with Gasteiger partial charge in [-0.25, -0.2) is 0 Å². The first-order valence-electron chi connectivity index (χ1n) is 6.68. The Hall–Kier alpha value is -0.740. The fourth-order valence-corrected chi connectivity index (χ4v) is 0.929. The normalized spacial score (nSPS) is 22.9. The molecule has 1 aromatic carbocycles. The summed E-state index contributed by atoms with van der Waals surface area (Å²) in [6, 6.07) is 0.00584. The summed E-state index contributed by atoms with van der Waals surface area (Å²) in [5.74, 6) is 0. The highest BCUT2D eigenvalue weighted by Crippen LogP contribution is 2.29. The molecule has 0 aliphatic carbocycles. The topological polar surface area (TPSA) is 26.0 Å². The van der Waals surface area contributed by atoms with Crippen LogP contribution in [-0.2, 0) is 12.5 Å². The van der Waals surface area contributed by atoms with Crippen LogP contribution < -0.4 is 5.73 Å². The van der Waals surface area contributed by atoms with Crippen molar-refractivity contribution >= 4 is 12.4 Å². The van der Waals surface area contributed by atoms with Crippen LogP contribution in [0.1, 0.15) is 26.2 Å². The lowest BCUT2D eigenvalue weighted by Crippen LogP contribution is -2.18. The van der Waals surface area contributed by atoms with Gasteiger partial charge in [0.25, 0.3) is 0 Å². The smallest absolute Gasteiger partial charge is 0.328 e. The average molecular weight is 246 g/mol. The van der Waals surface area contributed by atoms with Gasteiger partial charge in [-0.3, -0.25) is 0 Å². The second-order valence-electron chi connectivity index (χ2n) is 2.62. The van der Waals surface area contributed by atoms with E-state index in [4.69, 9.17) is 14.0 Å². The van der Waals surface area contributed by atoms with E-state index >= 15 is 0 Å². The Morgan fingerprint density at radius 2 is 2.27 bits per heavy atom. The number of rotatable bonds is 2. The van der Waals surface area contributed by atoms with Crippen molar-refractivity contribution in [3.8, 4) is 0 Å². The Kier molecular flexibility index (Phi) is 2.42. The van der Waals surface area contributed by atoms with E-state index in [0.717, 1.165) is 18.2 Å². The molecule has 1 rings (SSSR count). The van der Waals surface area contributed by atoms with Crippen molar-refractivity contribution in [1.82, 2.24) is 0 Å². The zero-order valence-corrected chi connectivity index (χ0v) is 8.25. The molecule has 0 amide bonds. The van der Waals surface area contributed by atoms with Crippen molar-refractivity contribution in [3.63, 3.8) is 0 Å². The zero-order chi connectivity index (χ0) is 16.0. The molecule has 1 atom stereocenters. The standard InChI is InChI=1S/C10H12F3N.ClH/c1-7(14)5-8-3-2-4-9(6-8)10(11,12)13;/h2-4,6-7H,5,14H2,1H3;1H/i1D3,5D2,7D;. The van der Waals surface area contributed by atoms with Gasteiger partial charge in [-0.15, -0.1) is 12.4 Å². The van der Waals surface area contributed by atoms with Gasteiger partial charge in [-0.05, 0) is 24.9 Å². The van der Waals surface area contributed by atoms with E-state index in [1.165, 1.54) is 0 Å². The van der Waals surface area contributed by atoms with E-state index in [9.17, 15) is 13.2 Å². The van der Waals surface area contributed by atoms with Crippen LogP contribution >= 0.6 is 12.4 Å². The summed E-state index contributed by atoms with van der Waals surface area (Å²) in [5, 5.41) is 0. The van der Waals surface area contributed by atoms with Gasteiger partial charge < -0.3 is 5.73 Å². The van der Waals surface area contributed by atoms with Gasteiger partial charge in [0.05, 0.1) is 5.56 Å². The molecule has 0 aliphatic rings. The maximum atomic E-state index is 12.6. The van der Waals surface area contributed by atoms with Crippen LogP contribution in [0.4, 0.5) is 13.2 Å². The van der Waals surface area contributed by atoms with Gasteiger partial charge in [0.1, 0.15) is 0 Å². The predicted molar refractivity (Wildman–Crippen MR) is 56.0 cm³/mol. The molecule has 0 aromatic heterocycles. The molecule has 0 saturated heterocycles. The Balaban J connectivity index is 0.00000400. The molecule has 1 aromatic rings. The Morgan fingerprint density at radius 1 is 1.60 bits per heavy atom. The third kappa shape index (κ3) is 4.53. The first-order valence-corrected chi connectivity index (χ1v) is 3.68. The highest BCUT2D eigenvalue weighted by atomic mass is 35.5. The third-order valence-electron chi connectivity index (χ3n) is 1.47. The quantitative estimate of drug-likeness (QED) is 0.852. The minimum Gasteiger partial charge on any atom is -0.328 e. The first-order chi connectivity index (χ1) is 8.71. The SMILES string of the molecule is Cl.[2H]C([2H])([2H])C([2H])(N)C([2H])([2H])c1cccc(C(F)(F)F)c1. The van der Waals surface area contributed by atoms with E-state index in [2.05, 4.69) is 0 Å². The van der Waals surface area contributed by atoms with Gasteiger partial charge in [0, 0.05) is 14.2 Å². The molecule has 1 nitrogen and oxygen atoms in total. The molecule has 0 saturated carbocycles. The molecule has 0 radical (unpaired) electrons. The minimum absolute atomic E-state index is 0. The maximum absolute atomic E-state index is 12.6. The summed E-state index contributed by atoms with van der Waals surface area (Å²) in [6.07, 6.45) is -7.69. The van der Waals surface area contributed by atoms with Crippen molar-refractivity contribution in [2.75, 3.05) is 0 Å². The average Bonchev–Trinajstić information content (AvgIpc) is 2.26. The molecule has 0 bridgehead atoms. The van der Waals surface area contributed by atoms with E-state index in [-0.39, 0.29) is 12.4 Å². The molecular formula is C10H13ClF3N.